The third-order valence-electron chi connectivity index (χ3n) is 4.75. The van der Waals surface area contributed by atoms with E-state index in [4.69, 9.17) is 4.74 Å². The van der Waals surface area contributed by atoms with E-state index in [-0.39, 0.29) is 0 Å². The molecule has 2 fully saturated rings. The number of aliphatic hydroxyl groups is 1. The van der Waals surface area contributed by atoms with Gasteiger partial charge in [-0.25, -0.2) is 0 Å². The molecule has 3 unspecified atom stereocenters. The van der Waals surface area contributed by atoms with E-state index in [9.17, 15) is 5.11 Å². The molecule has 1 saturated carbocycles. The summed E-state index contributed by atoms with van der Waals surface area (Å²) in [4.78, 5) is 2.44. The van der Waals surface area contributed by atoms with Crippen molar-refractivity contribution in [2.45, 2.75) is 32.3 Å². The standard InChI is InChI=1S/C16H23NO2/c1-11(18)16-14(7-4-8-15(16)19-2)17-9-12-5-3-6-13(12)10-17/h4,7-8,11-13,18H,3,5-6,9-10H2,1-2H3. The van der Waals surface area contributed by atoms with Crippen molar-refractivity contribution in [3.05, 3.63) is 23.8 Å². The molecule has 3 rings (SSSR count). The summed E-state index contributed by atoms with van der Waals surface area (Å²) >= 11 is 0. The van der Waals surface area contributed by atoms with Crippen LogP contribution in [0, 0.1) is 11.8 Å². The quantitative estimate of drug-likeness (QED) is 0.908. The average molecular weight is 261 g/mol. The molecule has 1 heterocycles. The van der Waals surface area contributed by atoms with Gasteiger partial charge in [0.05, 0.1) is 13.2 Å². The van der Waals surface area contributed by atoms with Gasteiger partial charge >= 0.3 is 0 Å². The van der Waals surface area contributed by atoms with E-state index >= 15 is 0 Å². The molecular weight excluding hydrogens is 238 g/mol. The highest BCUT2D eigenvalue weighted by Crippen LogP contribution is 2.42. The first-order chi connectivity index (χ1) is 9.20. The second kappa shape index (κ2) is 5.04. The molecule has 0 bridgehead atoms. The highest BCUT2D eigenvalue weighted by atomic mass is 16.5. The molecule has 1 aliphatic heterocycles. The Morgan fingerprint density at radius 1 is 1.26 bits per heavy atom. The predicted octanol–water partition coefficient (Wildman–Crippen LogP) is 2.98. The summed E-state index contributed by atoms with van der Waals surface area (Å²) in [5.41, 5.74) is 2.09. The summed E-state index contributed by atoms with van der Waals surface area (Å²) < 4.78 is 5.41. The highest BCUT2D eigenvalue weighted by Gasteiger charge is 2.37. The molecule has 104 valence electrons. The maximum absolute atomic E-state index is 10.1. The van der Waals surface area contributed by atoms with Gasteiger partial charge in [0.2, 0.25) is 0 Å². The van der Waals surface area contributed by atoms with Gasteiger partial charge in [0.25, 0.3) is 0 Å². The fourth-order valence-electron chi connectivity index (χ4n) is 3.84. The average Bonchev–Trinajstić information content (AvgIpc) is 2.98. The Balaban J connectivity index is 1.92. The number of ether oxygens (including phenoxy) is 1. The third kappa shape index (κ3) is 2.20. The molecule has 1 N–H and O–H groups in total. The van der Waals surface area contributed by atoms with Gasteiger partial charge < -0.3 is 14.7 Å². The van der Waals surface area contributed by atoms with Gasteiger partial charge in [-0.3, -0.25) is 0 Å². The smallest absolute Gasteiger partial charge is 0.126 e. The second-order valence-corrected chi connectivity index (χ2v) is 5.93. The monoisotopic (exact) mass is 261 g/mol. The first-order valence-electron chi connectivity index (χ1n) is 7.30. The summed E-state index contributed by atoms with van der Waals surface area (Å²) in [6, 6.07) is 6.07. The van der Waals surface area contributed by atoms with Crippen LogP contribution in [0.2, 0.25) is 0 Å². The second-order valence-electron chi connectivity index (χ2n) is 5.93. The van der Waals surface area contributed by atoms with E-state index in [1.807, 2.05) is 19.1 Å². The Bertz CT molecular complexity index is 446. The predicted molar refractivity (Wildman–Crippen MR) is 76.7 cm³/mol. The molecule has 0 radical (unpaired) electrons. The molecule has 1 saturated heterocycles. The zero-order valence-corrected chi connectivity index (χ0v) is 11.8. The summed E-state index contributed by atoms with van der Waals surface area (Å²) in [6.07, 6.45) is 3.64. The van der Waals surface area contributed by atoms with Gasteiger partial charge in [-0.05, 0) is 43.7 Å². The van der Waals surface area contributed by atoms with E-state index in [0.29, 0.717) is 0 Å². The number of nitrogens with zero attached hydrogens (tertiary/aromatic N) is 1. The van der Waals surface area contributed by atoms with Crippen LogP contribution < -0.4 is 9.64 Å². The van der Waals surface area contributed by atoms with Crippen molar-refractivity contribution < 1.29 is 9.84 Å². The van der Waals surface area contributed by atoms with E-state index in [1.54, 1.807) is 7.11 Å². The van der Waals surface area contributed by atoms with Gasteiger partial charge in [0.15, 0.2) is 0 Å². The van der Waals surface area contributed by atoms with E-state index < -0.39 is 6.10 Å². The summed E-state index contributed by atoms with van der Waals surface area (Å²) in [6.45, 7) is 4.09. The van der Waals surface area contributed by atoms with Crippen LogP contribution >= 0.6 is 0 Å². The first kappa shape index (κ1) is 12.8. The number of hydrogen-bond donors (Lipinski definition) is 1. The van der Waals surface area contributed by atoms with Crippen molar-refractivity contribution in [2.75, 3.05) is 25.1 Å². The zero-order valence-electron chi connectivity index (χ0n) is 11.8. The molecule has 1 aromatic rings. The Morgan fingerprint density at radius 3 is 2.53 bits per heavy atom. The van der Waals surface area contributed by atoms with Crippen molar-refractivity contribution in [1.82, 2.24) is 0 Å². The Hall–Kier alpha value is -1.22. The maximum Gasteiger partial charge on any atom is 0.126 e. The number of rotatable bonds is 3. The largest absolute Gasteiger partial charge is 0.496 e. The molecule has 3 atom stereocenters. The Labute approximate surface area is 115 Å². The molecule has 1 aromatic carbocycles. The number of benzene rings is 1. The van der Waals surface area contributed by atoms with Crippen LogP contribution in [0.1, 0.15) is 37.9 Å². The number of aliphatic hydroxyl groups excluding tert-OH is 1. The maximum atomic E-state index is 10.1. The lowest BCUT2D eigenvalue weighted by Crippen LogP contribution is -2.22. The minimum Gasteiger partial charge on any atom is -0.496 e. The summed E-state index contributed by atoms with van der Waals surface area (Å²) in [5, 5.41) is 10.1. The van der Waals surface area contributed by atoms with Gasteiger partial charge in [-0.1, -0.05) is 12.5 Å². The normalized spacial score (nSPS) is 27.4. The number of hydrogen-bond acceptors (Lipinski definition) is 3. The Morgan fingerprint density at radius 2 is 1.95 bits per heavy atom. The number of methoxy groups -OCH3 is 1. The topological polar surface area (TPSA) is 32.7 Å². The molecule has 3 nitrogen and oxygen atoms in total. The minimum atomic E-state index is -0.494. The van der Waals surface area contributed by atoms with Crippen LogP contribution in [0.5, 0.6) is 5.75 Å². The van der Waals surface area contributed by atoms with Crippen molar-refractivity contribution >= 4 is 5.69 Å². The van der Waals surface area contributed by atoms with Crippen molar-refractivity contribution in [3.8, 4) is 5.75 Å². The van der Waals surface area contributed by atoms with Crippen LogP contribution in [-0.2, 0) is 0 Å². The molecule has 0 aromatic heterocycles. The Kier molecular flexibility index (Phi) is 3.40. The molecular formula is C16H23NO2. The van der Waals surface area contributed by atoms with Crippen LogP contribution in [0.25, 0.3) is 0 Å². The lowest BCUT2D eigenvalue weighted by Gasteiger charge is -2.25. The number of anilines is 1. The zero-order chi connectivity index (χ0) is 13.4. The first-order valence-corrected chi connectivity index (χ1v) is 7.30. The number of fused-ring (bicyclic) bond motifs is 1. The summed E-state index contributed by atoms with van der Waals surface area (Å²) in [5.74, 6) is 2.51. The minimum absolute atomic E-state index is 0.494. The van der Waals surface area contributed by atoms with Crippen molar-refractivity contribution in [3.63, 3.8) is 0 Å². The third-order valence-corrected chi connectivity index (χ3v) is 4.75. The molecule has 2 aliphatic rings. The molecule has 1 aliphatic carbocycles. The van der Waals surface area contributed by atoms with Crippen LogP contribution in [-0.4, -0.2) is 25.3 Å². The molecule has 3 heteroatoms. The lowest BCUT2D eigenvalue weighted by molar-refractivity contribution is 0.194. The van der Waals surface area contributed by atoms with Crippen LogP contribution in [0.3, 0.4) is 0 Å². The van der Waals surface area contributed by atoms with Crippen molar-refractivity contribution in [1.29, 1.82) is 0 Å². The summed E-state index contributed by atoms with van der Waals surface area (Å²) in [7, 11) is 1.67. The van der Waals surface area contributed by atoms with Crippen LogP contribution in [0.15, 0.2) is 18.2 Å². The molecule has 0 amide bonds. The van der Waals surface area contributed by atoms with E-state index in [0.717, 1.165) is 41.9 Å². The van der Waals surface area contributed by atoms with Crippen LogP contribution in [0.4, 0.5) is 5.69 Å². The SMILES string of the molecule is COc1cccc(N2CC3CCCC3C2)c1C(C)O. The highest BCUT2D eigenvalue weighted by molar-refractivity contribution is 5.61. The van der Waals surface area contributed by atoms with Gasteiger partial charge in [-0.15, -0.1) is 0 Å². The van der Waals surface area contributed by atoms with E-state index in [2.05, 4.69) is 11.0 Å². The molecule has 19 heavy (non-hydrogen) atoms. The fraction of sp³-hybridized carbons (Fsp3) is 0.625. The van der Waals surface area contributed by atoms with E-state index in [1.165, 1.54) is 19.3 Å². The van der Waals surface area contributed by atoms with Gasteiger partial charge in [0, 0.05) is 24.3 Å². The lowest BCUT2D eigenvalue weighted by atomic mass is 10.0. The fourth-order valence-corrected chi connectivity index (χ4v) is 3.84. The van der Waals surface area contributed by atoms with Crippen molar-refractivity contribution in [2.24, 2.45) is 11.8 Å². The van der Waals surface area contributed by atoms with Gasteiger partial charge in [0.1, 0.15) is 5.75 Å². The molecule has 0 spiro atoms. The van der Waals surface area contributed by atoms with Gasteiger partial charge in [-0.2, -0.15) is 0 Å².